The number of aromatic hydroxyl groups is 2. The quantitative estimate of drug-likeness (QED) is 0.174. The first-order valence-electron chi connectivity index (χ1n) is 15.4. The number of fused-ring (bicyclic) bond motifs is 3. The number of benzene rings is 2. The van der Waals surface area contributed by atoms with Gasteiger partial charge in [-0.25, -0.2) is 0 Å². The van der Waals surface area contributed by atoms with Gasteiger partial charge in [0.25, 0.3) is 0 Å². The minimum atomic E-state index is -2.02. The average Bonchev–Trinajstić information content (AvgIpc) is 3.02. The summed E-state index contributed by atoms with van der Waals surface area (Å²) in [5, 5.41) is 45.6. The number of aliphatic imine (C=N–C) groups is 1. The van der Waals surface area contributed by atoms with Crippen molar-refractivity contribution < 1.29 is 49.0 Å². The second-order valence-corrected chi connectivity index (χ2v) is 12.6. The van der Waals surface area contributed by atoms with Gasteiger partial charge < -0.3 is 44.4 Å². The van der Waals surface area contributed by atoms with Crippen molar-refractivity contribution in [1.29, 1.82) is 0 Å². The van der Waals surface area contributed by atoms with E-state index in [0.29, 0.717) is 0 Å². The number of nitrogens with zero attached hydrogens (tertiary/aromatic N) is 3. The maximum Gasteiger partial charge on any atom is 0.202 e. The second kappa shape index (κ2) is 12.0. The van der Waals surface area contributed by atoms with Crippen molar-refractivity contribution >= 4 is 23.7 Å². The van der Waals surface area contributed by atoms with Crippen LogP contribution in [0.4, 0.5) is 0 Å². The van der Waals surface area contributed by atoms with Crippen LogP contribution in [0.5, 0.6) is 17.2 Å². The summed E-state index contributed by atoms with van der Waals surface area (Å²) in [5.74, 6) is -3.14. The van der Waals surface area contributed by atoms with E-state index in [4.69, 9.17) is 14.2 Å². The van der Waals surface area contributed by atoms with Crippen molar-refractivity contribution in [2.45, 2.75) is 69.4 Å². The molecule has 0 radical (unpaired) electrons. The van der Waals surface area contributed by atoms with E-state index in [1.807, 2.05) is 7.05 Å². The largest absolute Gasteiger partial charge is 0.507 e. The van der Waals surface area contributed by atoms with Crippen LogP contribution in [0.25, 0.3) is 0 Å². The standard InChI is InChI=1S/C33H39N3O10/c1-16-28(38)20(34-15-36-10-8-35(3)9-11-36)12-23(45-16)46-22-14-33(43,17(2)37)13-19-25(22)32(42)27-26(30(19)40)29(39)18-6-5-7-21(44-4)24(18)31(27)41/h5-7,15-16,20,22-23,28,38,40,42-43H,8-14H2,1-4H3/t16?,20?,22-,23?,28?,33?/m0/s1. The molecule has 2 aliphatic heterocycles. The monoisotopic (exact) mass is 637 g/mol. The van der Waals surface area contributed by atoms with Crippen LogP contribution in [-0.2, 0) is 20.7 Å². The number of methoxy groups -OCH3 is 1. The molecular formula is C33H39N3O10. The van der Waals surface area contributed by atoms with Gasteiger partial charge in [0, 0.05) is 62.1 Å². The molecule has 46 heavy (non-hydrogen) atoms. The van der Waals surface area contributed by atoms with Gasteiger partial charge in [-0.15, -0.1) is 0 Å². The Bertz CT molecular complexity index is 1620. The summed E-state index contributed by atoms with van der Waals surface area (Å²) in [6.07, 6.45) is -2.78. The fourth-order valence-electron chi connectivity index (χ4n) is 6.86. The highest BCUT2D eigenvalue weighted by atomic mass is 16.7. The van der Waals surface area contributed by atoms with E-state index in [9.17, 15) is 34.8 Å². The first-order chi connectivity index (χ1) is 21.8. The Morgan fingerprint density at radius 3 is 2.46 bits per heavy atom. The molecule has 0 bridgehead atoms. The van der Waals surface area contributed by atoms with E-state index in [0.717, 1.165) is 26.2 Å². The van der Waals surface area contributed by atoms with Crippen LogP contribution in [-0.4, -0.2) is 124 Å². The third-order valence-corrected chi connectivity index (χ3v) is 9.68. The molecule has 0 aromatic heterocycles. The number of likely N-dealkylation sites (N-methyl/N-ethyl adjacent to an activating group) is 1. The molecule has 2 aromatic carbocycles. The number of phenols is 2. The molecule has 2 aliphatic carbocycles. The van der Waals surface area contributed by atoms with Crippen molar-refractivity contribution in [3.05, 3.63) is 51.6 Å². The molecule has 0 amide bonds. The predicted octanol–water partition coefficient (Wildman–Crippen LogP) is 1.35. The Morgan fingerprint density at radius 1 is 1.09 bits per heavy atom. The number of rotatable bonds is 6. The number of hydrogen-bond acceptors (Lipinski definition) is 12. The van der Waals surface area contributed by atoms with E-state index in [1.165, 1.54) is 32.2 Å². The van der Waals surface area contributed by atoms with Crippen molar-refractivity contribution in [3.8, 4) is 17.2 Å². The van der Waals surface area contributed by atoms with Crippen molar-refractivity contribution in [1.82, 2.24) is 9.80 Å². The summed E-state index contributed by atoms with van der Waals surface area (Å²) in [6, 6.07) is 3.87. The molecule has 0 saturated carbocycles. The number of Topliss-reactive ketones (excluding diaryl/α,β-unsaturated/α-hetero) is 1. The lowest BCUT2D eigenvalue weighted by Gasteiger charge is -2.42. The molecule has 2 aromatic rings. The van der Waals surface area contributed by atoms with E-state index < -0.39 is 82.6 Å². The number of ether oxygens (including phenoxy) is 3. The van der Waals surface area contributed by atoms with Gasteiger partial charge in [0.2, 0.25) is 5.78 Å². The molecule has 4 aliphatic rings. The fraction of sp³-hybridized carbons (Fsp3) is 0.515. The number of carbonyl (C=O) groups is 3. The Labute approximate surface area is 266 Å². The maximum absolute atomic E-state index is 13.8. The van der Waals surface area contributed by atoms with Crippen molar-refractivity contribution in [2.24, 2.45) is 4.99 Å². The second-order valence-electron chi connectivity index (χ2n) is 12.6. The van der Waals surface area contributed by atoms with E-state index >= 15 is 0 Å². The minimum Gasteiger partial charge on any atom is -0.507 e. The van der Waals surface area contributed by atoms with Gasteiger partial charge in [-0.05, 0) is 27.0 Å². The lowest BCUT2D eigenvalue weighted by atomic mass is 9.72. The molecule has 0 spiro atoms. The Kier molecular flexibility index (Phi) is 8.40. The molecule has 2 saturated heterocycles. The highest BCUT2D eigenvalue weighted by Crippen LogP contribution is 2.52. The Hall–Kier alpha value is -3.88. The SMILES string of the molecule is COc1cccc2c1C(=O)c1c(O)c3c(c(O)c1C2=O)CC(O)(C(C)=O)C[C@@H]3OC1CC(N=CN2CCN(C)CC2)C(O)C(C)O1. The smallest absolute Gasteiger partial charge is 0.202 e. The normalized spacial score (nSPS) is 29.8. The van der Waals surface area contributed by atoms with Crippen molar-refractivity contribution in [3.63, 3.8) is 0 Å². The summed E-state index contributed by atoms with van der Waals surface area (Å²) < 4.78 is 17.6. The van der Waals surface area contributed by atoms with E-state index in [1.54, 1.807) is 13.3 Å². The molecular weight excluding hydrogens is 598 g/mol. The Morgan fingerprint density at radius 2 is 1.78 bits per heavy atom. The zero-order valence-corrected chi connectivity index (χ0v) is 26.2. The molecule has 13 heteroatoms. The Balaban J connectivity index is 1.38. The molecule has 5 unspecified atom stereocenters. The molecule has 6 atom stereocenters. The van der Waals surface area contributed by atoms with Crippen LogP contribution in [0.15, 0.2) is 23.2 Å². The van der Waals surface area contributed by atoms with Crippen LogP contribution in [0.3, 0.4) is 0 Å². The molecule has 246 valence electrons. The molecule has 6 rings (SSSR count). The molecule has 4 N–H and O–H groups in total. The van der Waals surface area contributed by atoms with Gasteiger partial charge in [-0.1, -0.05) is 12.1 Å². The topological polar surface area (TPSA) is 179 Å². The van der Waals surface area contributed by atoms with E-state index in [-0.39, 0.29) is 40.8 Å². The van der Waals surface area contributed by atoms with Crippen LogP contribution in [0, 0.1) is 0 Å². The number of piperazine rings is 1. The molecule has 2 fully saturated rings. The lowest BCUT2D eigenvalue weighted by molar-refractivity contribution is -0.246. The third kappa shape index (κ3) is 5.35. The third-order valence-electron chi connectivity index (χ3n) is 9.68. The number of ketones is 3. The number of phenolic OH excluding ortho intramolecular Hbond substituents is 2. The van der Waals surface area contributed by atoms with Crippen LogP contribution in [0.1, 0.15) is 75.8 Å². The van der Waals surface area contributed by atoms with E-state index in [2.05, 4.69) is 14.8 Å². The number of aliphatic hydroxyl groups is 2. The summed E-state index contributed by atoms with van der Waals surface area (Å²) in [6.45, 7) is 6.24. The van der Waals surface area contributed by atoms with Crippen LogP contribution < -0.4 is 4.74 Å². The first kappa shape index (κ1) is 32.1. The summed E-state index contributed by atoms with van der Waals surface area (Å²) in [7, 11) is 3.40. The fourth-order valence-corrected chi connectivity index (χ4v) is 6.86. The van der Waals surface area contributed by atoms with Gasteiger partial charge in [0.05, 0.1) is 48.4 Å². The first-order valence-corrected chi connectivity index (χ1v) is 15.4. The zero-order chi connectivity index (χ0) is 33.1. The van der Waals surface area contributed by atoms with Crippen molar-refractivity contribution in [2.75, 3.05) is 40.3 Å². The predicted molar refractivity (Wildman–Crippen MR) is 164 cm³/mol. The van der Waals surface area contributed by atoms with Crippen LogP contribution in [0.2, 0.25) is 0 Å². The summed E-state index contributed by atoms with van der Waals surface area (Å²) in [4.78, 5) is 49.2. The number of carbonyl (C=O) groups excluding carboxylic acids is 3. The number of hydrogen-bond donors (Lipinski definition) is 4. The maximum atomic E-state index is 13.8. The average molecular weight is 638 g/mol. The zero-order valence-electron chi connectivity index (χ0n) is 26.2. The van der Waals surface area contributed by atoms with Crippen LogP contribution >= 0.6 is 0 Å². The van der Waals surface area contributed by atoms with Gasteiger partial charge in [0.1, 0.15) is 29.0 Å². The van der Waals surface area contributed by atoms with Gasteiger partial charge in [-0.2, -0.15) is 0 Å². The van der Waals surface area contributed by atoms with Gasteiger partial charge in [-0.3, -0.25) is 19.4 Å². The minimum absolute atomic E-state index is 0.0109. The highest BCUT2D eigenvalue weighted by molar-refractivity contribution is 6.31. The highest BCUT2D eigenvalue weighted by Gasteiger charge is 2.49. The summed E-state index contributed by atoms with van der Waals surface area (Å²) in [5.41, 5.74) is -3.01. The molecule has 13 nitrogen and oxygen atoms in total. The summed E-state index contributed by atoms with van der Waals surface area (Å²) >= 11 is 0. The van der Waals surface area contributed by atoms with Gasteiger partial charge in [0.15, 0.2) is 17.9 Å². The molecule has 2 heterocycles. The number of aliphatic hydroxyl groups excluding tert-OH is 1. The van der Waals surface area contributed by atoms with Gasteiger partial charge >= 0.3 is 0 Å². The lowest BCUT2D eigenvalue weighted by Crippen LogP contribution is -2.49.